The molecule has 0 bridgehead atoms. The van der Waals surface area contributed by atoms with E-state index in [4.69, 9.17) is 5.85 Å². The predicted octanol–water partition coefficient (Wildman–Crippen LogP) is -0.889. The molecule has 0 atom stereocenters. The van der Waals surface area contributed by atoms with Crippen LogP contribution in [-0.2, 0) is 36.9 Å². The van der Waals surface area contributed by atoms with Gasteiger partial charge in [0.1, 0.15) is 0 Å². The van der Waals surface area contributed by atoms with Crippen molar-refractivity contribution in [2.75, 3.05) is 0 Å². The molecule has 0 saturated heterocycles. The quantitative estimate of drug-likeness (QED) is 0.418. The summed E-state index contributed by atoms with van der Waals surface area (Å²) in [6, 6.07) is 0. The van der Waals surface area contributed by atoms with Gasteiger partial charge in [0.05, 0.1) is 0 Å². The first-order valence-corrected chi connectivity index (χ1v) is 2.26. The van der Waals surface area contributed by atoms with Crippen LogP contribution in [0.4, 0.5) is 0 Å². The van der Waals surface area contributed by atoms with Gasteiger partial charge in [0.2, 0.25) is 0 Å². The third kappa shape index (κ3) is 10.6. The zero-order valence-electron chi connectivity index (χ0n) is 2.10. The molecule has 19 valence electrons. The van der Waals surface area contributed by atoms with Crippen molar-refractivity contribution >= 4 is 16.2 Å². The Labute approximate surface area is 52.6 Å². The molecule has 4 heavy (non-hydrogen) atoms. The Balaban J connectivity index is 0. The summed E-state index contributed by atoms with van der Waals surface area (Å²) in [6.07, 6.45) is 0. The molecule has 0 aromatic heterocycles. The van der Waals surface area contributed by atoms with Gasteiger partial charge < -0.3 is 0 Å². The van der Waals surface area contributed by atoms with Crippen LogP contribution in [0.2, 0.25) is 0 Å². The van der Waals surface area contributed by atoms with E-state index in [0.29, 0.717) is 16.2 Å². The van der Waals surface area contributed by atoms with Crippen LogP contribution in [0.15, 0.2) is 0 Å². The maximum absolute atomic E-state index is 8.38. The van der Waals surface area contributed by atoms with Gasteiger partial charge in [-0.3, -0.25) is 0 Å². The molecule has 0 aromatic carbocycles. The summed E-state index contributed by atoms with van der Waals surface area (Å²) < 4.78 is 16.7. The fraction of sp³-hybridized carbons (Fsp3) is 0. The maximum atomic E-state index is 8.38. The van der Waals surface area contributed by atoms with Crippen molar-refractivity contribution in [2.24, 2.45) is 0 Å². The number of hydrogen-bond acceptors (Lipinski definition) is 2. The van der Waals surface area contributed by atoms with Gasteiger partial charge >= 0.3 is 53.1 Å². The zero-order chi connectivity index (χ0) is 4.00. The minimum atomic E-state index is 0.100. The minimum absolute atomic E-state index is 0.100. The molecular formula is HAlO2Y. The van der Waals surface area contributed by atoms with Crippen LogP contribution in [0.3, 0.4) is 0 Å². The molecule has 0 rings (SSSR count). The van der Waals surface area contributed by atoms with E-state index in [1.807, 2.05) is 0 Å². The van der Waals surface area contributed by atoms with E-state index in [9.17, 15) is 0 Å². The Morgan fingerprint density at radius 3 is 1.25 bits per heavy atom. The van der Waals surface area contributed by atoms with Gasteiger partial charge in [-0.2, -0.15) is 0 Å². The second-order valence-electron chi connectivity index (χ2n) is 0. The molecule has 0 aliphatic heterocycles. The Kier molecular flexibility index (Phi) is 65.1. The Hall–Kier alpha value is 1.24. The average molecular weight is 149 g/mol. The standard InChI is InChI=1S/Al.2O.Y.H. The predicted molar refractivity (Wildman–Crippen MR) is 8.52 cm³/mol. The van der Waals surface area contributed by atoms with E-state index in [1.165, 1.54) is 0 Å². The Morgan fingerprint density at radius 2 is 1.25 bits per heavy atom. The second kappa shape index (κ2) is 29.0. The molecule has 0 radical (unpaired) electrons. The first-order valence-electron chi connectivity index (χ1n) is 0.524. The van der Waals surface area contributed by atoms with Gasteiger partial charge in [-0.1, -0.05) is 0 Å². The van der Waals surface area contributed by atoms with Crippen molar-refractivity contribution in [3.05, 3.63) is 0 Å². The van der Waals surface area contributed by atoms with Gasteiger partial charge in [-0.15, -0.1) is 0 Å². The first-order chi connectivity index (χ1) is 2.00. The normalized spacial score (nSPS) is 2.25. The summed E-state index contributed by atoms with van der Waals surface area (Å²) in [6.45, 7) is 0. The topological polar surface area (TPSA) is 34.1 Å². The summed E-state index contributed by atoms with van der Waals surface area (Å²) in [4.78, 5) is 0. The summed E-state index contributed by atoms with van der Waals surface area (Å²) in [5.74, 6) is 0. The number of rotatable bonds is 0. The van der Waals surface area contributed by atoms with Crippen LogP contribution >= 0.6 is 0 Å². The molecule has 0 amide bonds. The molecule has 0 aromatic rings. The SMILES string of the molecule is [O]=[AlH].[O]=[Y]. The molecule has 0 heterocycles. The van der Waals surface area contributed by atoms with E-state index in [0.717, 1.165) is 0 Å². The van der Waals surface area contributed by atoms with Crippen molar-refractivity contribution < 1.29 is 36.9 Å². The van der Waals surface area contributed by atoms with Crippen molar-refractivity contribution in [1.82, 2.24) is 0 Å². The number of hydrogen-bond donors (Lipinski definition) is 0. The van der Waals surface area contributed by atoms with Gasteiger partial charge in [0.15, 0.2) is 0 Å². The van der Waals surface area contributed by atoms with Crippen molar-refractivity contribution in [3.8, 4) is 0 Å². The molecule has 0 saturated carbocycles. The van der Waals surface area contributed by atoms with Crippen LogP contribution < -0.4 is 0 Å². The molecule has 4 heteroatoms. The van der Waals surface area contributed by atoms with Crippen molar-refractivity contribution in [1.29, 1.82) is 0 Å². The molecule has 0 aliphatic rings. The van der Waals surface area contributed by atoms with Crippen LogP contribution in [-0.4, -0.2) is 16.2 Å². The average Bonchev–Trinajstić information content (AvgIpc) is 1.50. The fourth-order valence-corrected chi connectivity index (χ4v) is 0. The van der Waals surface area contributed by atoms with E-state index in [1.54, 1.807) is 0 Å². The molecule has 0 spiro atoms. The third-order valence-electron chi connectivity index (χ3n) is 0. The molecule has 0 aliphatic carbocycles. The van der Waals surface area contributed by atoms with Gasteiger partial charge in [0.25, 0.3) is 0 Å². The van der Waals surface area contributed by atoms with Crippen LogP contribution in [0.1, 0.15) is 0 Å². The fourth-order valence-electron chi connectivity index (χ4n) is 0. The Morgan fingerprint density at radius 1 is 1.25 bits per heavy atom. The summed E-state index contributed by atoms with van der Waals surface area (Å²) in [5, 5.41) is 0. The van der Waals surface area contributed by atoms with E-state index in [2.05, 4.69) is 0 Å². The van der Waals surface area contributed by atoms with Gasteiger partial charge in [0, 0.05) is 0 Å². The zero-order valence-corrected chi connectivity index (χ0v) is 6.35. The third-order valence-corrected chi connectivity index (χ3v) is 0. The van der Waals surface area contributed by atoms with E-state index in [-0.39, 0.29) is 31.0 Å². The van der Waals surface area contributed by atoms with Crippen LogP contribution in [0.25, 0.3) is 0 Å². The molecule has 0 N–H and O–H groups in total. The van der Waals surface area contributed by atoms with Crippen LogP contribution in [0.5, 0.6) is 0 Å². The molecule has 0 unspecified atom stereocenters. The van der Waals surface area contributed by atoms with Crippen molar-refractivity contribution in [3.63, 3.8) is 0 Å². The molecule has 0 fully saturated rings. The van der Waals surface area contributed by atoms with Gasteiger partial charge in [-0.05, 0) is 0 Å². The monoisotopic (exact) mass is 149 g/mol. The van der Waals surface area contributed by atoms with E-state index >= 15 is 0 Å². The molecular weight excluding hydrogens is 148 g/mol. The summed E-state index contributed by atoms with van der Waals surface area (Å²) >= 11 is 0.711. The first kappa shape index (κ1) is 8.97. The summed E-state index contributed by atoms with van der Waals surface area (Å²) in [5.41, 5.74) is 0. The Bertz CT molecular complexity index is 8.00. The summed E-state index contributed by atoms with van der Waals surface area (Å²) in [7, 11) is 0. The van der Waals surface area contributed by atoms with Gasteiger partial charge in [-0.25, -0.2) is 0 Å². The van der Waals surface area contributed by atoms with Crippen LogP contribution in [0, 0.1) is 0 Å². The van der Waals surface area contributed by atoms with E-state index < -0.39 is 0 Å². The van der Waals surface area contributed by atoms with Crippen molar-refractivity contribution in [2.45, 2.75) is 0 Å². The second-order valence-corrected chi connectivity index (χ2v) is 0. The molecule has 2 nitrogen and oxygen atoms in total.